The number of carbonyl (C=O) groups excluding carboxylic acids is 2. The first kappa shape index (κ1) is 49.8. The van der Waals surface area contributed by atoms with Gasteiger partial charge in [-0.05, 0) is 83.5 Å². The maximum Gasteiger partial charge on any atom is 0.305 e. The summed E-state index contributed by atoms with van der Waals surface area (Å²) < 4.78 is 5.41. The van der Waals surface area contributed by atoms with Crippen LogP contribution < -0.4 is 5.32 Å². The minimum absolute atomic E-state index is 0.0539. The fourth-order valence-electron chi connectivity index (χ4n) is 6.13. The molecule has 0 aromatic carbocycles. The van der Waals surface area contributed by atoms with Crippen LogP contribution in [-0.4, -0.2) is 47.4 Å². The summed E-state index contributed by atoms with van der Waals surface area (Å²) in [5.41, 5.74) is 0. The zero-order valence-electron chi connectivity index (χ0n) is 34.0. The Balaban J connectivity index is 3.61. The van der Waals surface area contributed by atoms with Gasteiger partial charge < -0.3 is 20.3 Å². The van der Waals surface area contributed by atoms with Crippen molar-refractivity contribution in [2.45, 2.75) is 219 Å². The molecule has 2 atom stereocenters. The Bertz CT molecular complexity index is 895. The van der Waals surface area contributed by atoms with Gasteiger partial charge in [-0.2, -0.15) is 0 Å². The lowest BCUT2D eigenvalue weighted by atomic mass is 10.1. The molecule has 0 aliphatic heterocycles. The lowest BCUT2D eigenvalue weighted by Crippen LogP contribution is -2.45. The zero-order chi connectivity index (χ0) is 38.0. The topological polar surface area (TPSA) is 95.9 Å². The third kappa shape index (κ3) is 37.6. The smallest absolute Gasteiger partial charge is 0.305 e. The van der Waals surface area contributed by atoms with Crippen LogP contribution >= 0.6 is 0 Å². The van der Waals surface area contributed by atoms with E-state index in [0.29, 0.717) is 19.4 Å². The number of unbranched alkanes of at least 4 members (excludes halogenated alkanes) is 22. The predicted octanol–water partition coefficient (Wildman–Crippen LogP) is 12.3. The summed E-state index contributed by atoms with van der Waals surface area (Å²) in [5.74, 6) is -0.188. The van der Waals surface area contributed by atoms with E-state index in [9.17, 15) is 19.8 Å². The maximum atomic E-state index is 12.3. The van der Waals surface area contributed by atoms with Crippen molar-refractivity contribution in [2.75, 3.05) is 13.2 Å². The fourth-order valence-corrected chi connectivity index (χ4v) is 6.13. The van der Waals surface area contributed by atoms with Gasteiger partial charge in [-0.25, -0.2) is 0 Å². The van der Waals surface area contributed by atoms with Crippen LogP contribution in [0.4, 0.5) is 0 Å². The van der Waals surface area contributed by atoms with Crippen molar-refractivity contribution in [2.24, 2.45) is 0 Å². The molecule has 6 heteroatoms. The van der Waals surface area contributed by atoms with E-state index in [1.165, 1.54) is 96.3 Å². The highest BCUT2D eigenvalue weighted by atomic mass is 16.5. The van der Waals surface area contributed by atoms with Crippen LogP contribution in [0.25, 0.3) is 0 Å². The second kappa shape index (κ2) is 41.6. The number of ether oxygens (including phenoxy) is 1. The first-order valence-electron chi connectivity index (χ1n) is 21.9. The summed E-state index contributed by atoms with van der Waals surface area (Å²) in [5, 5.41) is 22.8. The highest BCUT2D eigenvalue weighted by Crippen LogP contribution is 2.12. The third-order valence-corrected chi connectivity index (χ3v) is 9.56. The molecule has 6 nitrogen and oxygen atoms in total. The normalized spacial score (nSPS) is 13.2. The van der Waals surface area contributed by atoms with E-state index in [0.717, 1.165) is 83.5 Å². The first-order chi connectivity index (χ1) is 25.5. The number of hydrogen-bond acceptors (Lipinski definition) is 5. The van der Waals surface area contributed by atoms with Gasteiger partial charge in [-0.3, -0.25) is 9.59 Å². The Kier molecular flexibility index (Phi) is 39.8. The van der Waals surface area contributed by atoms with E-state index in [1.54, 1.807) is 6.08 Å². The van der Waals surface area contributed by atoms with Gasteiger partial charge in [-0.1, -0.05) is 159 Å². The lowest BCUT2D eigenvalue weighted by Gasteiger charge is -2.19. The van der Waals surface area contributed by atoms with Gasteiger partial charge in [0.25, 0.3) is 0 Å². The van der Waals surface area contributed by atoms with Crippen molar-refractivity contribution < 1.29 is 24.5 Å². The molecular formula is C46H83NO5. The molecule has 0 aromatic heterocycles. The molecule has 2 unspecified atom stereocenters. The van der Waals surface area contributed by atoms with Crippen molar-refractivity contribution in [3.8, 4) is 0 Å². The van der Waals surface area contributed by atoms with Gasteiger partial charge in [0.1, 0.15) is 0 Å². The molecule has 0 radical (unpaired) electrons. The third-order valence-electron chi connectivity index (χ3n) is 9.56. The Labute approximate surface area is 321 Å². The number of amides is 1. The number of aliphatic hydroxyl groups excluding tert-OH is 2. The Morgan fingerprint density at radius 3 is 1.56 bits per heavy atom. The second-order valence-electron chi connectivity index (χ2n) is 14.7. The largest absolute Gasteiger partial charge is 0.466 e. The number of nitrogens with one attached hydrogen (secondary N) is 1. The van der Waals surface area contributed by atoms with Crippen LogP contribution in [0, 0.1) is 0 Å². The van der Waals surface area contributed by atoms with Gasteiger partial charge in [0.2, 0.25) is 5.91 Å². The van der Waals surface area contributed by atoms with E-state index in [4.69, 9.17) is 4.74 Å². The molecule has 302 valence electrons. The SMILES string of the molecule is CCCCC/C=C\C/C=C\CCCCCCCC(=O)OCCCCCC/C=C\CCCC(=O)NC(CO)C(O)/C=C/CCCCCCCCCCC. The molecular weight excluding hydrogens is 647 g/mol. The Hall–Kier alpha value is -2.18. The summed E-state index contributed by atoms with van der Waals surface area (Å²) in [6, 6.07) is -0.665. The highest BCUT2D eigenvalue weighted by Gasteiger charge is 2.17. The standard InChI is InChI=1S/C46H83NO5/c1-3-5-7-9-11-13-15-16-17-18-20-24-28-32-36-40-46(51)52-41-37-33-29-25-21-23-27-31-35-39-45(50)47-43(42-48)44(49)38-34-30-26-22-19-14-12-10-8-6-4-2/h11,13,16-17,23,27,34,38,43-44,48-49H,3-10,12,14-15,18-22,24-26,28-33,35-37,39-42H2,1-2H3,(H,47,50)/b13-11-,17-16-,27-23-,38-34+. The summed E-state index contributed by atoms with van der Waals surface area (Å²) in [6.07, 6.45) is 49.5. The van der Waals surface area contributed by atoms with Gasteiger partial charge >= 0.3 is 5.97 Å². The van der Waals surface area contributed by atoms with E-state index < -0.39 is 12.1 Å². The summed E-state index contributed by atoms with van der Waals surface area (Å²) >= 11 is 0. The van der Waals surface area contributed by atoms with Crippen molar-refractivity contribution in [1.29, 1.82) is 0 Å². The van der Waals surface area contributed by atoms with Gasteiger partial charge in [0.15, 0.2) is 0 Å². The van der Waals surface area contributed by atoms with Gasteiger partial charge in [-0.15, -0.1) is 0 Å². The molecule has 0 aromatic rings. The van der Waals surface area contributed by atoms with Crippen LogP contribution in [0.1, 0.15) is 206 Å². The number of esters is 1. The number of carbonyl (C=O) groups is 2. The van der Waals surface area contributed by atoms with Crippen molar-refractivity contribution in [3.05, 3.63) is 48.6 Å². The average molecular weight is 730 g/mol. The molecule has 0 aliphatic carbocycles. The predicted molar refractivity (Wildman–Crippen MR) is 222 cm³/mol. The van der Waals surface area contributed by atoms with Crippen LogP contribution in [0.15, 0.2) is 48.6 Å². The summed E-state index contributed by atoms with van der Waals surface area (Å²) in [4.78, 5) is 24.3. The molecule has 0 saturated heterocycles. The number of aliphatic hydroxyl groups is 2. The second-order valence-corrected chi connectivity index (χ2v) is 14.7. The monoisotopic (exact) mass is 730 g/mol. The molecule has 0 heterocycles. The van der Waals surface area contributed by atoms with E-state index in [2.05, 4.69) is 55.6 Å². The summed E-state index contributed by atoms with van der Waals surface area (Å²) in [6.45, 7) is 4.73. The molecule has 1 amide bonds. The molecule has 0 rings (SSSR count). The minimum atomic E-state index is -0.875. The van der Waals surface area contributed by atoms with Crippen LogP contribution in [0.5, 0.6) is 0 Å². The number of hydrogen-bond donors (Lipinski definition) is 3. The fraction of sp³-hybridized carbons (Fsp3) is 0.783. The van der Waals surface area contributed by atoms with Crippen molar-refractivity contribution in [1.82, 2.24) is 5.32 Å². The number of rotatable bonds is 39. The molecule has 52 heavy (non-hydrogen) atoms. The van der Waals surface area contributed by atoms with E-state index in [-0.39, 0.29) is 18.5 Å². The Morgan fingerprint density at radius 1 is 0.538 bits per heavy atom. The minimum Gasteiger partial charge on any atom is -0.466 e. The van der Waals surface area contributed by atoms with Gasteiger partial charge in [0, 0.05) is 12.8 Å². The average Bonchev–Trinajstić information content (AvgIpc) is 3.14. The van der Waals surface area contributed by atoms with E-state index in [1.807, 2.05) is 6.08 Å². The van der Waals surface area contributed by atoms with E-state index >= 15 is 0 Å². The molecule has 0 spiro atoms. The van der Waals surface area contributed by atoms with Crippen molar-refractivity contribution in [3.63, 3.8) is 0 Å². The van der Waals surface area contributed by atoms with Crippen LogP contribution in [-0.2, 0) is 14.3 Å². The van der Waals surface area contributed by atoms with Gasteiger partial charge in [0.05, 0.1) is 25.4 Å². The highest BCUT2D eigenvalue weighted by molar-refractivity contribution is 5.76. The maximum absolute atomic E-state index is 12.3. The molecule has 3 N–H and O–H groups in total. The van der Waals surface area contributed by atoms with Crippen molar-refractivity contribution >= 4 is 11.9 Å². The molecule has 0 saturated carbocycles. The zero-order valence-corrected chi connectivity index (χ0v) is 34.0. The lowest BCUT2D eigenvalue weighted by molar-refractivity contribution is -0.143. The number of allylic oxidation sites excluding steroid dienone is 7. The summed E-state index contributed by atoms with van der Waals surface area (Å²) in [7, 11) is 0. The molecule has 0 aliphatic rings. The Morgan fingerprint density at radius 2 is 0.981 bits per heavy atom. The quantitative estimate of drug-likeness (QED) is 0.0332. The first-order valence-corrected chi connectivity index (χ1v) is 21.9. The molecule has 0 fully saturated rings. The molecule has 0 bridgehead atoms. The van der Waals surface area contributed by atoms with Crippen LogP contribution in [0.2, 0.25) is 0 Å². The van der Waals surface area contributed by atoms with Crippen LogP contribution in [0.3, 0.4) is 0 Å².